The van der Waals surface area contributed by atoms with Crippen molar-refractivity contribution in [3.63, 3.8) is 0 Å². The Morgan fingerprint density at radius 1 is 1.33 bits per heavy atom. The van der Waals surface area contributed by atoms with Crippen molar-refractivity contribution < 1.29 is 19.1 Å². The highest BCUT2D eigenvalue weighted by Gasteiger charge is 2.16. The summed E-state index contributed by atoms with van der Waals surface area (Å²) >= 11 is 0. The molecule has 27 heavy (non-hydrogen) atoms. The summed E-state index contributed by atoms with van der Waals surface area (Å²) in [5, 5.41) is 6.04. The summed E-state index contributed by atoms with van der Waals surface area (Å²) in [5.74, 6) is 0.250. The van der Waals surface area contributed by atoms with Crippen LogP contribution in [0.2, 0.25) is 0 Å². The molecule has 8 heteroatoms. The second-order valence-electron chi connectivity index (χ2n) is 6.63. The van der Waals surface area contributed by atoms with Gasteiger partial charge in [0.1, 0.15) is 12.4 Å². The smallest absolute Gasteiger partial charge is 0.307 e. The van der Waals surface area contributed by atoms with Gasteiger partial charge in [0.15, 0.2) is 0 Å². The molecule has 0 radical (unpaired) electrons. The molecule has 1 fully saturated rings. The fourth-order valence-corrected chi connectivity index (χ4v) is 3.16. The first-order valence-electron chi connectivity index (χ1n) is 9.21. The molecule has 1 aliphatic rings. The van der Waals surface area contributed by atoms with Crippen LogP contribution in [0.15, 0.2) is 18.2 Å². The van der Waals surface area contributed by atoms with Crippen molar-refractivity contribution in [3.8, 4) is 0 Å². The first-order valence-corrected chi connectivity index (χ1v) is 9.21. The lowest BCUT2D eigenvalue weighted by Gasteiger charge is -2.22. The molecule has 0 unspecified atom stereocenters. The normalized spacial score (nSPS) is 15.0. The number of ether oxygens (including phenoxy) is 2. The van der Waals surface area contributed by atoms with E-state index in [-0.39, 0.29) is 30.9 Å². The maximum absolute atomic E-state index is 12.3. The molecule has 0 spiro atoms. The largest absolute Gasteiger partial charge is 0.469 e. The Balaban J connectivity index is 1.64. The number of carbonyl (C=O) groups is 2. The Morgan fingerprint density at radius 2 is 2.11 bits per heavy atom. The maximum Gasteiger partial charge on any atom is 0.307 e. The van der Waals surface area contributed by atoms with E-state index in [0.717, 1.165) is 42.8 Å². The zero-order valence-corrected chi connectivity index (χ0v) is 15.8. The van der Waals surface area contributed by atoms with Gasteiger partial charge in [0.05, 0.1) is 30.7 Å². The Hall–Kier alpha value is -2.45. The summed E-state index contributed by atoms with van der Waals surface area (Å²) in [6, 6.07) is 5.40. The van der Waals surface area contributed by atoms with E-state index >= 15 is 0 Å². The number of rotatable bonds is 7. The van der Waals surface area contributed by atoms with Gasteiger partial charge < -0.3 is 24.7 Å². The van der Waals surface area contributed by atoms with E-state index < -0.39 is 0 Å². The number of hydrogen-bond donors (Lipinski definition) is 2. The van der Waals surface area contributed by atoms with Crippen LogP contribution in [0.1, 0.15) is 35.4 Å². The third kappa shape index (κ3) is 4.84. The number of nitrogens with one attached hydrogen (secondary N) is 2. The monoisotopic (exact) mass is 374 g/mol. The molecule has 1 aromatic carbocycles. The number of esters is 1. The van der Waals surface area contributed by atoms with Crippen LogP contribution in [-0.4, -0.2) is 54.3 Å². The Kier molecular flexibility index (Phi) is 6.41. The predicted octanol–water partition coefficient (Wildman–Crippen LogP) is 1.13. The van der Waals surface area contributed by atoms with Crippen LogP contribution < -0.4 is 10.6 Å². The zero-order chi connectivity index (χ0) is 19.2. The number of aryl methyl sites for hydroxylation is 1. The number of aromatic nitrogens is 2. The summed E-state index contributed by atoms with van der Waals surface area (Å²) in [5.41, 5.74) is 2.21. The third-order valence-corrected chi connectivity index (χ3v) is 4.81. The molecule has 1 aliphatic heterocycles. The first kappa shape index (κ1) is 19.3. The molecule has 8 nitrogen and oxygen atoms in total. The number of imidazole rings is 1. The molecule has 0 bridgehead atoms. The fourth-order valence-electron chi connectivity index (χ4n) is 3.16. The van der Waals surface area contributed by atoms with E-state index in [9.17, 15) is 9.59 Å². The molecule has 0 saturated carbocycles. The van der Waals surface area contributed by atoms with Gasteiger partial charge in [-0.1, -0.05) is 0 Å². The lowest BCUT2D eigenvalue weighted by molar-refractivity contribution is -0.140. The van der Waals surface area contributed by atoms with E-state index in [1.54, 1.807) is 12.1 Å². The average molecular weight is 374 g/mol. The van der Waals surface area contributed by atoms with Crippen molar-refractivity contribution in [1.29, 1.82) is 0 Å². The van der Waals surface area contributed by atoms with Crippen molar-refractivity contribution in [2.45, 2.75) is 32.0 Å². The quantitative estimate of drug-likeness (QED) is 0.706. The van der Waals surface area contributed by atoms with Crippen LogP contribution in [0.3, 0.4) is 0 Å². The van der Waals surface area contributed by atoms with E-state index in [0.29, 0.717) is 12.2 Å². The first-order chi connectivity index (χ1) is 13.1. The van der Waals surface area contributed by atoms with Gasteiger partial charge >= 0.3 is 5.97 Å². The number of nitrogens with zero attached hydrogens (tertiary/aromatic N) is 2. The second-order valence-corrected chi connectivity index (χ2v) is 6.63. The van der Waals surface area contributed by atoms with Crippen LogP contribution in [0.5, 0.6) is 0 Å². The van der Waals surface area contributed by atoms with Crippen LogP contribution in [0.25, 0.3) is 11.0 Å². The maximum atomic E-state index is 12.3. The molecule has 3 rings (SSSR count). The summed E-state index contributed by atoms with van der Waals surface area (Å²) in [6.07, 6.45) is 2.44. The number of piperidine rings is 1. The van der Waals surface area contributed by atoms with Crippen molar-refractivity contribution >= 4 is 22.9 Å². The minimum atomic E-state index is -0.353. The number of carbonyl (C=O) groups excluding carboxylic acids is 2. The zero-order valence-electron chi connectivity index (χ0n) is 15.8. The van der Waals surface area contributed by atoms with E-state index in [4.69, 9.17) is 4.74 Å². The van der Waals surface area contributed by atoms with Gasteiger partial charge in [-0.3, -0.25) is 9.59 Å². The van der Waals surface area contributed by atoms with Gasteiger partial charge in [-0.05, 0) is 44.1 Å². The molecule has 1 amide bonds. The molecule has 2 heterocycles. The van der Waals surface area contributed by atoms with Gasteiger partial charge in [-0.2, -0.15) is 0 Å². The molecule has 0 atom stereocenters. The third-order valence-electron chi connectivity index (χ3n) is 4.81. The highest BCUT2D eigenvalue weighted by Crippen LogP contribution is 2.19. The summed E-state index contributed by atoms with van der Waals surface area (Å²) in [4.78, 5) is 28.0. The molecule has 1 aromatic heterocycles. The van der Waals surface area contributed by atoms with Crippen LogP contribution in [0.4, 0.5) is 0 Å². The van der Waals surface area contributed by atoms with Crippen LogP contribution in [-0.2, 0) is 27.9 Å². The molecular formula is C19H26N4O4. The SMILES string of the molecule is COC(=O)CCNC(=O)c1ccc2c(c1)nc(COC1CCNCC1)n2C. The van der Waals surface area contributed by atoms with Crippen molar-refractivity contribution in [1.82, 2.24) is 20.2 Å². The second kappa shape index (κ2) is 8.96. The molecular weight excluding hydrogens is 348 g/mol. The van der Waals surface area contributed by atoms with Crippen LogP contribution >= 0.6 is 0 Å². The van der Waals surface area contributed by atoms with E-state index in [1.165, 1.54) is 7.11 Å². The van der Waals surface area contributed by atoms with Gasteiger partial charge in [-0.25, -0.2) is 4.98 Å². The highest BCUT2D eigenvalue weighted by atomic mass is 16.5. The fraction of sp³-hybridized carbons (Fsp3) is 0.526. The minimum Gasteiger partial charge on any atom is -0.469 e. The van der Waals surface area contributed by atoms with E-state index in [1.807, 2.05) is 17.7 Å². The number of fused-ring (bicyclic) bond motifs is 1. The molecule has 2 N–H and O–H groups in total. The summed E-state index contributed by atoms with van der Waals surface area (Å²) < 4.78 is 12.6. The number of amides is 1. The Labute approximate surface area is 158 Å². The lowest BCUT2D eigenvalue weighted by Crippen LogP contribution is -2.32. The highest BCUT2D eigenvalue weighted by molar-refractivity contribution is 5.97. The predicted molar refractivity (Wildman–Crippen MR) is 100 cm³/mol. The minimum absolute atomic E-state index is 0.145. The Morgan fingerprint density at radius 3 is 2.85 bits per heavy atom. The van der Waals surface area contributed by atoms with Gasteiger partial charge in [0, 0.05) is 19.2 Å². The van der Waals surface area contributed by atoms with Gasteiger partial charge in [0.25, 0.3) is 5.91 Å². The molecule has 0 aliphatic carbocycles. The summed E-state index contributed by atoms with van der Waals surface area (Å²) in [6.45, 7) is 2.67. The van der Waals surface area contributed by atoms with Crippen LogP contribution in [0, 0.1) is 0 Å². The molecule has 146 valence electrons. The summed E-state index contributed by atoms with van der Waals surface area (Å²) in [7, 11) is 3.28. The van der Waals surface area contributed by atoms with Crippen molar-refractivity contribution in [3.05, 3.63) is 29.6 Å². The van der Waals surface area contributed by atoms with Gasteiger partial charge in [0.2, 0.25) is 0 Å². The number of hydrogen-bond acceptors (Lipinski definition) is 6. The topological polar surface area (TPSA) is 94.5 Å². The standard InChI is InChI=1S/C19H26N4O4/c1-23-16-4-3-13(19(25)21-10-7-18(24)26-2)11-15(16)22-17(23)12-27-14-5-8-20-9-6-14/h3-4,11,14,20H,5-10,12H2,1-2H3,(H,21,25). The van der Waals surface area contributed by atoms with Gasteiger partial charge in [-0.15, -0.1) is 0 Å². The number of benzene rings is 1. The molecule has 2 aromatic rings. The van der Waals surface area contributed by atoms with E-state index in [2.05, 4.69) is 20.4 Å². The van der Waals surface area contributed by atoms with Crippen molar-refractivity contribution in [2.24, 2.45) is 7.05 Å². The molecule has 1 saturated heterocycles. The lowest BCUT2D eigenvalue weighted by atomic mass is 10.1. The Bertz CT molecular complexity index is 811. The average Bonchev–Trinajstić information content (AvgIpc) is 3.02. The number of methoxy groups -OCH3 is 1. The van der Waals surface area contributed by atoms with Crippen molar-refractivity contribution in [2.75, 3.05) is 26.7 Å².